The number of piperazine rings is 1. The van der Waals surface area contributed by atoms with Crippen LogP contribution in [0, 0.1) is 5.92 Å². The minimum absolute atomic E-state index is 0.101. The Kier molecular flexibility index (Phi) is 12.8. The van der Waals surface area contributed by atoms with Gasteiger partial charge in [-0.15, -0.1) is 0 Å². The molecule has 2 fully saturated rings. The SMILES string of the molecule is C/C(=C\C=C\C(C)c1ccccn1)[C@H]1OC(=O)C[C@@H](O)CC[C@](C)(O)[C@@H](OC(=O)N2CCN(C3CCOCC3)CC2)/C=C/[C@@H]1C. The molecule has 248 valence electrons. The molecule has 0 aromatic carbocycles. The fraction of sp³-hybridized carbons (Fsp3) is 0.629. The van der Waals surface area contributed by atoms with Gasteiger partial charge in [-0.3, -0.25) is 14.7 Å². The van der Waals surface area contributed by atoms with E-state index in [9.17, 15) is 19.8 Å². The van der Waals surface area contributed by atoms with Crippen LogP contribution in [0.15, 0.2) is 60.3 Å². The minimum Gasteiger partial charge on any atom is -0.457 e. The highest BCUT2D eigenvalue weighted by atomic mass is 16.6. The number of esters is 1. The van der Waals surface area contributed by atoms with Gasteiger partial charge in [0.05, 0.1) is 12.5 Å². The number of ether oxygens (including phenoxy) is 3. The zero-order valence-electron chi connectivity index (χ0n) is 27.2. The summed E-state index contributed by atoms with van der Waals surface area (Å²) in [5.74, 6) is -0.707. The molecular weight excluding hydrogens is 574 g/mol. The predicted molar refractivity (Wildman–Crippen MR) is 171 cm³/mol. The number of carbonyl (C=O) groups is 2. The second-order valence-corrected chi connectivity index (χ2v) is 12.9. The molecule has 0 radical (unpaired) electrons. The molecule has 0 aliphatic carbocycles. The summed E-state index contributed by atoms with van der Waals surface area (Å²) in [6.45, 7) is 11.7. The maximum Gasteiger partial charge on any atom is 0.410 e. The van der Waals surface area contributed by atoms with E-state index in [-0.39, 0.29) is 31.1 Å². The van der Waals surface area contributed by atoms with E-state index in [4.69, 9.17) is 14.2 Å². The van der Waals surface area contributed by atoms with Gasteiger partial charge in [0, 0.05) is 69.2 Å². The topological polar surface area (TPSA) is 122 Å². The van der Waals surface area contributed by atoms with Crippen LogP contribution in [0.2, 0.25) is 0 Å². The van der Waals surface area contributed by atoms with Gasteiger partial charge in [0.25, 0.3) is 0 Å². The zero-order valence-corrected chi connectivity index (χ0v) is 27.2. The number of amides is 1. The fourth-order valence-corrected chi connectivity index (χ4v) is 6.17. The summed E-state index contributed by atoms with van der Waals surface area (Å²) in [5.41, 5.74) is 0.320. The highest BCUT2D eigenvalue weighted by molar-refractivity contribution is 5.70. The molecule has 0 spiro atoms. The number of aromatic nitrogens is 1. The number of nitrogens with zero attached hydrogens (tertiary/aromatic N) is 3. The lowest BCUT2D eigenvalue weighted by Gasteiger charge is -2.41. The summed E-state index contributed by atoms with van der Waals surface area (Å²) in [5, 5.41) is 22.1. The summed E-state index contributed by atoms with van der Waals surface area (Å²) in [7, 11) is 0. The third-order valence-corrected chi connectivity index (χ3v) is 9.19. The number of carbonyl (C=O) groups excluding carboxylic acids is 2. The normalized spacial score (nSPS) is 31.5. The first-order chi connectivity index (χ1) is 21.5. The molecule has 0 saturated carbocycles. The van der Waals surface area contributed by atoms with Gasteiger partial charge in [0.15, 0.2) is 6.10 Å². The molecule has 1 aromatic heterocycles. The summed E-state index contributed by atoms with van der Waals surface area (Å²) in [4.78, 5) is 34.7. The van der Waals surface area contributed by atoms with E-state index < -0.39 is 36.0 Å². The Balaban J connectivity index is 1.46. The molecule has 4 rings (SSSR count). The molecule has 0 bridgehead atoms. The van der Waals surface area contributed by atoms with Crippen LogP contribution in [-0.2, 0) is 19.0 Å². The van der Waals surface area contributed by atoms with Crippen LogP contribution < -0.4 is 0 Å². The maximum atomic E-state index is 13.3. The van der Waals surface area contributed by atoms with Crippen molar-refractivity contribution in [3.63, 3.8) is 0 Å². The number of hydrogen-bond donors (Lipinski definition) is 2. The average Bonchev–Trinajstić information content (AvgIpc) is 3.04. The lowest BCUT2D eigenvalue weighted by Crippen LogP contribution is -2.54. The van der Waals surface area contributed by atoms with E-state index in [0.717, 1.165) is 50.4 Å². The molecule has 6 atom stereocenters. The Bertz CT molecular complexity index is 1190. The lowest BCUT2D eigenvalue weighted by atomic mass is 9.88. The Labute approximate surface area is 267 Å². The first kappa shape index (κ1) is 34.8. The molecule has 2 saturated heterocycles. The Morgan fingerprint density at radius 1 is 1.16 bits per heavy atom. The molecule has 2 N–H and O–H groups in total. The molecule has 3 aliphatic heterocycles. The molecule has 45 heavy (non-hydrogen) atoms. The Morgan fingerprint density at radius 2 is 1.89 bits per heavy atom. The first-order valence-electron chi connectivity index (χ1n) is 16.3. The van der Waals surface area contributed by atoms with Crippen LogP contribution in [0.1, 0.15) is 71.4 Å². The quantitative estimate of drug-likeness (QED) is 0.269. The standard InChI is InChI=1S/C35H51N3O7/c1-25(30-10-5-6-17-36-30)8-7-9-26(2)33-27(3)11-12-31(35(4,42)16-13-29(39)24-32(40)45-33)44-34(41)38-20-18-37(19-21-38)28-14-22-43-23-15-28/h5-12,17,25,27-29,31,33,39,42H,13-16,18-24H2,1-4H3/b8-7+,12-11+,26-9+/t25?,27-,29-,31-,33+,35-/m0/s1. The van der Waals surface area contributed by atoms with Gasteiger partial charge in [0.1, 0.15) is 11.7 Å². The number of rotatable bonds is 6. The maximum absolute atomic E-state index is 13.3. The first-order valence-corrected chi connectivity index (χ1v) is 16.3. The molecule has 1 amide bonds. The minimum atomic E-state index is -1.45. The van der Waals surface area contributed by atoms with Gasteiger partial charge in [-0.2, -0.15) is 0 Å². The van der Waals surface area contributed by atoms with Crippen LogP contribution in [0.25, 0.3) is 0 Å². The number of aliphatic hydroxyl groups excluding tert-OH is 1. The highest BCUT2D eigenvalue weighted by Crippen LogP contribution is 2.28. The smallest absolute Gasteiger partial charge is 0.410 e. The van der Waals surface area contributed by atoms with Gasteiger partial charge in [-0.1, -0.05) is 44.2 Å². The van der Waals surface area contributed by atoms with Crippen molar-refractivity contribution in [2.24, 2.45) is 5.92 Å². The zero-order chi connectivity index (χ0) is 32.4. The van der Waals surface area contributed by atoms with Crippen molar-refractivity contribution in [3.05, 3.63) is 66.0 Å². The van der Waals surface area contributed by atoms with Gasteiger partial charge < -0.3 is 29.3 Å². The third-order valence-electron chi connectivity index (χ3n) is 9.19. The summed E-state index contributed by atoms with van der Waals surface area (Å²) in [6, 6.07) is 6.30. The molecule has 1 unspecified atom stereocenters. The summed E-state index contributed by atoms with van der Waals surface area (Å²) >= 11 is 0. The van der Waals surface area contributed by atoms with Crippen LogP contribution in [0.4, 0.5) is 4.79 Å². The van der Waals surface area contributed by atoms with Gasteiger partial charge in [-0.25, -0.2) is 4.79 Å². The highest BCUT2D eigenvalue weighted by Gasteiger charge is 2.37. The van der Waals surface area contributed by atoms with Crippen LogP contribution >= 0.6 is 0 Å². The van der Waals surface area contributed by atoms with E-state index in [1.807, 2.05) is 56.4 Å². The third kappa shape index (κ3) is 10.2. The number of hydrogen-bond acceptors (Lipinski definition) is 9. The van der Waals surface area contributed by atoms with E-state index in [1.54, 1.807) is 24.1 Å². The van der Waals surface area contributed by atoms with Crippen molar-refractivity contribution < 1.29 is 34.0 Å². The van der Waals surface area contributed by atoms with Crippen molar-refractivity contribution in [1.29, 1.82) is 0 Å². The van der Waals surface area contributed by atoms with Crippen LogP contribution in [-0.4, -0.2) is 106 Å². The Morgan fingerprint density at radius 3 is 2.58 bits per heavy atom. The number of aliphatic hydroxyl groups is 2. The number of pyridine rings is 1. The lowest BCUT2D eigenvalue weighted by molar-refractivity contribution is -0.151. The monoisotopic (exact) mass is 625 g/mol. The van der Waals surface area contributed by atoms with Crippen molar-refractivity contribution in [2.75, 3.05) is 39.4 Å². The molecular formula is C35H51N3O7. The molecule has 1 aromatic rings. The van der Waals surface area contributed by atoms with Crippen molar-refractivity contribution in [1.82, 2.24) is 14.8 Å². The average molecular weight is 626 g/mol. The van der Waals surface area contributed by atoms with Gasteiger partial charge in [0.2, 0.25) is 0 Å². The largest absolute Gasteiger partial charge is 0.457 e. The van der Waals surface area contributed by atoms with Crippen molar-refractivity contribution in [2.45, 2.75) is 95.7 Å². The van der Waals surface area contributed by atoms with Gasteiger partial charge >= 0.3 is 12.1 Å². The predicted octanol–water partition coefficient (Wildman–Crippen LogP) is 4.39. The van der Waals surface area contributed by atoms with Crippen molar-refractivity contribution >= 4 is 12.1 Å². The van der Waals surface area contributed by atoms with E-state index >= 15 is 0 Å². The Hall–Kier alpha value is -3.05. The molecule has 10 heteroatoms. The van der Waals surface area contributed by atoms with Crippen LogP contribution in [0.5, 0.6) is 0 Å². The van der Waals surface area contributed by atoms with Gasteiger partial charge in [-0.05, 0) is 63.3 Å². The van der Waals surface area contributed by atoms with Crippen LogP contribution in [0.3, 0.4) is 0 Å². The van der Waals surface area contributed by atoms with E-state index in [1.165, 1.54) is 0 Å². The summed E-state index contributed by atoms with van der Waals surface area (Å²) in [6.07, 6.45) is 10.3. The second kappa shape index (κ2) is 16.5. The molecule has 3 aliphatic rings. The number of allylic oxidation sites excluding steroid dienone is 3. The number of cyclic esters (lactones) is 1. The van der Waals surface area contributed by atoms with E-state index in [2.05, 4.69) is 16.8 Å². The van der Waals surface area contributed by atoms with Crippen molar-refractivity contribution in [3.8, 4) is 0 Å². The molecule has 4 heterocycles. The summed E-state index contributed by atoms with van der Waals surface area (Å²) < 4.78 is 17.3. The van der Waals surface area contributed by atoms with E-state index in [0.29, 0.717) is 19.1 Å². The second-order valence-electron chi connectivity index (χ2n) is 12.9. The molecule has 10 nitrogen and oxygen atoms in total. The fourth-order valence-electron chi connectivity index (χ4n) is 6.17.